The van der Waals surface area contributed by atoms with Gasteiger partial charge in [0.15, 0.2) is 5.78 Å². The van der Waals surface area contributed by atoms with Crippen LogP contribution in [-0.4, -0.2) is 19.0 Å². The third-order valence-electron chi connectivity index (χ3n) is 3.52. The number of methoxy groups -OCH3 is 1. The average Bonchev–Trinajstić information content (AvgIpc) is 2.39. The van der Waals surface area contributed by atoms with Gasteiger partial charge in [0.25, 0.3) is 0 Å². The number of hydrogen-bond donors (Lipinski definition) is 0. The third-order valence-corrected chi connectivity index (χ3v) is 3.52. The van der Waals surface area contributed by atoms with Gasteiger partial charge in [0.05, 0.1) is 0 Å². The van der Waals surface area contributed by atoms with E-state index < -0.39 is 0 Å². The number of ketones is 1. The molecule has 0 N–H and O–H groups in total. The molecule has 0 aromatic rings. The maximum atomic E-state index is 12.0. The van der Waals surface area contributed by atoms with Gasteiger partial charge in [-0.2, -0.15) is 0 Å². The van der Waals surface area contributed by atoms with E-state index in [1.165, 1.54) is 19.3 Å². The Kier molecular flexibility index (Phi) is 3.02. The van der Waals surface area contributed by atoms with Gasteiger partial charge in [-0.15, -0.1) is 0 Å². The Morgan fingerprint density at radius 2 is 2.14 bits per heavy atom. The van der Waals surface area contributed by atoms with Crippen LogP contribution in [0.1, 0.15) is 32.1 Å². The van der Waals surface area contributed by atoms with Crippen LogP contribution in [-0.2, 0) is 9.53 Å². The maximum absolute atomic E-state index is 12.0. The van der Waals surface area contributed by atoms with Crippen molar-refractivity contribution in [1.82, 2.24) is 0 Å². The third kappa shape index (κ3) is 1.76. The van der Waals surface area contributed by atoms with Crippen LogP contribution in [0.4, 0.5) is 0 Å². The first kappa shape index (κ1) is 9.91. The molecule has 2 rings (SSSR count). The van der Waals surface area contributed by atoms with Gasteiger partial charge < -0.3 is 4.74 Å². The van der Waals surface area contributed by atoms with Gasteiger partial charge in [-0.05, 0) is 25.2 Å². The second-order valence-electron chi connectivity index (χ2n) is 4.35. The number of carbonyl (C=O) groups excluding carboxylic acids is 1. The van der Waals surface area contributed by atoms with E-state index in [4.69, 9.17) is 4.74 Å². The van der Waals surface area contributed by atoms with Crippen molar-refractivity contribution >= 4 is 5.78 Å². The van der Waals surface area contributed by atoms with E-state index in [9.17, 15) is 4.79 Å². The highest BCUT2D eigenvalue weighted by molar-refractivity contribution is 5.86. The lowest BCUT2D eigenvalue weighted by atomic mass is 9.77. The van der Waals surface area contributed by atoms with Crippen molar-refractivity contribution in [2.24, 2.45) is 11.8 Å². The summed E-state index contributed by atoms with van der Waals surface area (Å²) in [6.07, 6.45) is 9.68. The summed E-state index contributed by atoms with van der Waals surface area (Å²) in [4.78, 5) is 12.0. The lowest BCUT2D eigenvalue weighted by molar-refractivity contribution is -0.134. The number of carbonyl (C=O) groups is 1. The number of rotatable bonds is 1. The summed E-state index contributed by atoms with van der Waals surface area (Å²) in [6.45, 7) is 0. The number of allylic oxidation sites excluding steroid dienone is 1. The molecule has 2 nitrogen and oxygen atoms in total. The minimum Gasteiger partial charge on any atom is -0.373 e. The Bertz CT molecular complexity index is 245. The van der Waals surface area contributed by atoms with E-state index in [0.29, 0.717) is 11.7 Å². The van der Waals surface area contributed by atoms with Gasteiger partial charge in [-0.25, -0.2) is 0 Å². The highest BCUT2D eigenvalue weighted by atomic mass is 16.5. The van der Waals surface area contributed by atoms with Crippen molar-refractivity contribution in [3.8, 4) is 0 Å². The van der Waals surface area contributed by atoms with Crippen molar-refractivity contribution < 1.29 is 9.53 Å². The van der Waals surface area contributed by atoms with Crippen LogP contribution in [0, 0.1) is 11.8 Å². The smallest absolute Gasteiger partial charge is 0.165 e. The molecule has 0 aliphatic heterocycles. The van der Waals surface area contributed by atoms with E-state index in [2.05, 4.69) is 12.2 Å². The molecule has 1 saturated carbocycles. The second-order valence-corrected chi connectivity index (χ2v) is 4.35. The summed E-state index contributed by atoms with van der Waals surface area (Å²) in [6, 6.07) is 0. The monoisotopic (exact) mass is 194 g/mol. The fourth-order valence-corrected chi connectivity index (χ4v) is 2.69. The van der Waals surface area contributed by atoms with E-state index >= 15 is 0 Å². The van der Waals surface area contributed by atoms with E-state index in [1.807, 2.05) is 0 Å². The van der Waals surface area contributed by atoms with Gasteiger partial charge in [-0.3, -0.25) is 4.79 Å². The van der Waals surface area contributed by atoms with Crippen LogP contribution >= 0.6 is 0 Å². The summed E-state index contributed by atoms with van der Waals surface area (Å²) in [7, 11) is 1.64. The minimum absolute atomic E-state index is 0.181. The van der Waals surface area contributed by atoms with Gasteiger partial charge in [0.1, 0.15) is 6.10 Å². The topological polar surface area (TPSA) is 26.3 Å². The first-order valence-corrected chi connectivity index (χ1v) is 5.56. The molecule has 0 heterocycles. The van der Waals surface area contributed by atoms with Gasteiger partial charge in [0, 0.05) is 13.0 Å². The highest BCUT2D eigenvalue weighted by Gasteiger charge is 2.34. The summed E-state index contributed by atoms with van der Waals surface area (Å²) < 4.78 is 5.23. The van der Waals surface area contributed by atoms with Crippen LogP contribution in [0.15, 0.2) is 12.2 Å². The molecule has 0 amide bonds. The lowest BCUT2D eigenvalue weighted by Crippen LogP contribution is -2.33. The summed E-state index contributed by atoms with van der Waals surface area (Å²) >= 11 is 0. The summed E-state index contributed by atoms with van der Waals surface area (Å²) in [5.74, 6) is 1.08. The molecule has 1 fully saturated rings. The Labute approximate surface area is 85.3 Å². The molecule has 3 atom stereocenters. The molecule has 2 aliphatic rings. The molecule has 0 aromatic heterocycles. The van der Waals surface area contributed by atoms with Crippen molar-refractivity contribution in [3.05, 3.63) is 12.2 Å². The molecule has 0 bridgehead atoms. The Balaban J connectivity index is 2.15. The van der Waals surface area contributed by atoms with E-state index in [0.717, 1.165) is 12.8 Å². The minimum atomic E-state index is -0.181. The zero-order chi connectivity index (χ0) is 9.97. The predicted octanol–water partition coefficient (Wildman–Crippen LogP) is 2.34. The molecule has 78 valence electrons. The molecular weight excluding hydrogens is 176 g/mol. The normalized spacial score (nSPS) is 37.8. The standard InChI is InChI=1S/C12H18O2/c1-14-11-8-4-6-9-5-2-3-7-10(9)12(11)13/h4,6,9-11H,2-3,5,7-8H2,1H3/t9-,10+,11+/m1/s1. The van der Waals surface area contributed by atoms with Gasteiger partial charge >= 0.3 is 0 Å². The molecule has 2 aliphatic carbocycles. The van der Waals surface area contributed by atoms with Crippen LogP contribution in [0.25, 0.3) is 0 Å². The van der Waals surface area contributed by atoms with Crippen LogP contribution in [0.2, 0.25) is 0 Å². The lowest BCUT2D eigenvalue weighted by Gasteiger charge is -2.28. The SMILES string of the molecule is CO[C@H]1CC=C[C@H]2CCCC[C@@H]2C1=O. The van der Waals surface area contributed by atoms with Crippen LogP contribution in [0.3, 0.4) is 0 Å². The Morgan fingerprint density at radius 1 is 1.36 bits per heavy atom. The molecule has 0 unspecified atom stereocenters. The molecule has 14 heavy (non-hydrogen) atoms. The first-order chi connectivity index (χ1) is 6.83. The number of ether oxygens (including phenoxy) is 1. The molecular formula is C12H18O2. The fraction of sp³-hybridized carbons (Fsp3) is 0.750. The molecule has 2 heteroatoms. The zero-order valence-corrected chi connectivity index (χ0v) is 8.74. The summed E-state index contributed by atoms with van der Waals surface area (Å²) in [5, 5.41) is 0. The fourth-order valence-electron chi connectivity index (χ4n) is 2.69. The summed E-state index contributed by atoms with van der Waals surface area (Å²) in [5.41, 5.74) is 0. The number of Topliss-reactive ketones (excluding diaryl/α,β-unsaturated/α-hetero) is 1. The van der Waals surface area contributed by atoms with Crippen molar-refractivity contribution in [1.29, 1.82) is 0 Å². The number of hydrogen-bond acceptors (Lipinski definition) is 2. The Hall–Kier alpha value is -0.630. The molecule has 0 radical (unpaired) electrons. The quantitative estimate of drug-likeness (QED) is 0.599. The van der Waals surface area contributed by atoms with E-state index in [1.54, 1.807) is 7.11 Å². The van der Waals surface area contributed by atoms with Gasteiger partial charge in [0.2, 0.25) is 0 Å². The van der Waals surface area contributed by atoms with Crippen LogP contribution < -0.4 is 0 Å². The number of fused-ring (bicyclic) bond motifs is 1. The largest absolute Gasteiger partial charge is 0.373 e. The van der Waals surface area contributed by atoms with Crippen molar-refractivity contribution in [2.75, 3.05) is 7.11 Å². The zero-order valence-electron chi connectivity index (χ0n) is 8.74. The van der Waals surface area contributed by atoms with Crippen LogP contribution in [0.5, 0.6) is 0 Å². The second kappa shape index (κ2) is 4.26. The highest BCUT2D eigenvalue weighted by Crippen LogP contribution is 2.34. The molecule has 0 spiro atoms. The first-order valence-electron chi connectivity index (χ1n) is 5.56. The molecule has 0 saturated heterocycles. The predicted molar refractivity (Wildman–Crippen MR) is 55.0 cm³/mol. The van der Waals surface area contributed by atoms with Crippen molar-refractivity contribution in [2.45, 2.75) is 38.2 Å². The molecule has 0 aromatic carbocycles. The van der Waals surface area contributed by atoms with Gasteiger partial charge in [-0.1, -0.05) is 25.0 Å². The van der Waals surface area contributed by atoms with E-state index in [-0.39, 0.29) is 12.0 Å². The maximum Gasteiger partial charge on any atom is 0.165 e. The van der Waals surface area contributed by atoms with Crippen molar-refractivity contribution in [3.63, 3.8) is 0 Å². The average molecular weight is 194 g/mol. The Morgan fingerprint density at radius 3 is 2.93 bits per heavy atom.